The summed E-state index contributed by atoms with van der Waals surface area (Å²) in [5.74, 6) is 2.21. The van der Waals surface area contributed by atoms with Crippen LogP contribution >= 0.6 is 0 Å². The molecule has 0 aliphatic rings. The molecule has 3 aromatic heterocycles. The van der Waals surface area contributed by atoms with Crippen LogP contribution in [0.4, 0.5) is 5.82 Å². The molecule has 0 amide bonds. The smallest absolute Gasteiger partial charge is 0.152 e. The lowest BCUT2D eigenvalue weighted by Crippen LogP contribution is -2.32. The van der Waals surface area contributed by atoms with Gasteiger partial charge in [-0.15, -0.1) is 0 Å². The van der Waals surface area contributed by atoms with E-state index < -0.39 is 0 Å². The van der Waals surface area contributed by atoms with Crippen molar-refractivity contribution >= 4 is 16.7 Å². The van der Waals surface area contributed by atoms with E-state index in [1.165, 1.54) is 0 Å². The largest absolute Gasteiger partial charge is 0.496 e. The Morgan fingerprint density at radius 1 is 1.06 bits per heavy atom. The van der Waals surface area contributed by atoms with Crippen LogP contribution in [0, 0.1) is 0 Å². The van der Waals surface area contributed by atoms with Crippen LogP contribution in [-0.4, -0.2) is 51.1 Å². The van der Waals surface area contributed by atoms with Crippen LogP contribution in [0.15, 0.2) is 49.1 Å². The van der Waals surface area contributed by atoms with Gasteiger partial charge in [0.05, 0.1) is 18.9 Å². The fourth-order valence-electron chi connectivity index (χ4n) is 3.39. The van der Waals surface area contributed by atoms with Crippen molar-refractivity contribution in [3.05, 3.63) is 60.4 Å². The number of aromatic nitrogens is 5. The molecule has 0 saturated heterocycles. The van der Waals surface area contributed by atoms with Gasteiger partial charge in [-0.05, 0) is 31.5 Å². The van der Waals surface area contributed by atoms with Crippen LogP contribution in [0.25, 0.3) is 22.0 Å². The summed E-state index contributed by atoms with van der Waals surface area (Å²) in [6, 6.07) is 8.05. The molecule has 32 heavy (non-hydrogen) atoms. The Kier molecular flexibility index (Phi) is 6.05. The van der Waals surface area contributed by atoms with Crippen LogP contribution in [-0.2, 0) is 18.2 Å². The van der Waals surface area contributed by atoms with Crippen molar-refractivity contribution in [2.75, 3.05) is 26.1 Å². The van der Waals surface area contributed by atoms with Crippen LogP contribution in [0.2, 0.25) is 0 Å². The number of anilines is 1. The number of nitrogens with one attached hydrogen (secondary N) is 1. The lowest BCUT2D eigenvalue weighted by atomic mass is 10.0. The zero-order valence-electron chi connectivity index (χ0n) is 19.1. The Morgan fingerprint density at radius 2 is 1.91 bits per heavy atom. The van der Waals surface area contributed by atoms with Crippen LogP contribution in [0.5, 0.6) is 5.75 Å². The SMILES string of the molecule is COc1cc(-c2cnn(C)c2)ccc1Cc1ncc2ccnc(NCC(C)(C)OC)c2n1. The molecule has 0 spiro atoms. The molecule has 0 aliphatic heterocycles. The van der Waals surface area contributed by atoms with Crippen molar-refractivity contribution in [1.82, 2.24) is 24.7 Å². The van der Waals surface area contributed by atoms with Gasteiger partial charge in [0, 0.05) is 62.2 Å². The number of ether oxygens (including phenoxy) is 2. The molecule has 1 aromatic carbocycles. The number of fused-ring (bicyclic) bond motifs is 1. The highest BCUT2D eigenvalue weighted by Crippen LogP contribution is 2.29. The Labute approximate surface area is 187 Å². The summed E-state index contributed by atoms with van der Waals surface area (Å²) in [7, 11) is 5.28. The van der Waals surface area contributed by atoms with E-state index in [9.17, 15) is 0 Å². The first kappa shape index (κ1) is 21.7. The number of pyridine rings is 1. The van der Waals surface area contributed by atoms with Gasteiger partial charge in [0.25, 0.3) is 0 Å². The van der Waals surface area contributed by atoms with Crippen molar-refractivity contribution < 1.29 is 9.47 Å². The third-order valence-electron chi connectivity index (χ3n) is 5.46. The third kappa shape index (κ3) is 4.70. The molecule has 0 unspecified atom stereocenters. The van der Waals surface area contributed by atoms with Crippen LogP contribution < -0.4 is 10.1 Å². The number of aryl methyl sites for hydroxylation is 1. The van der Waals surface area contributed by atoms with E-state index >= 15 is 0 Å². The van der Waals surface area contributed by atoms with E-state index in [2.05, 4.69) is 32.5 Å². The quantitative estimate of drug-likeness (QED) is 0.452. The summed E-state index contributed by atoms with van der Waals surface area (Å²) in [4.78, 5) is 13.9. The number of nitrogens with zero attached hydrogens (tertiary/aromatic N) is 5. The topological polar surface area (TPSA) is 87.0 Å². The van der Waals surface area contributed by atoms with Crippen molar-refractivity contribution in [3.63, 3.8) is 0 Å². The number of benzene rings is 1. The van der Waals surface area contributed by atoms with Gasteiger partial charge < -0.3 is 14.8 Å². The van der Waals surface area contributed by atoms with E-state index in [0.717, 1.165) is 39.2 Å². The average molecular weight is 433 g/mol. The van der Waals surface area contributed by atoms with Crippen molar-refractivity contribution in [2.45, 2.75) is 25.9 Å². The van der Waals surface area contributed by atoms with Gasteiger partial charge >= 0.3 is 0 Å². The molecule has 0 fully saturated rings. The molecule has 1 N–H and O–H groups in total. The second-order valence-corrected chi connectivity index (χ2v) is 8.31. The lowest BCUT2D eigenvalue weighted by molar-refractivity contribution is 0.0343. The second kappa shape index (κ2) is 8.92. The molecule has 4 aromatic rings. The average Bonchev–Trinajstić information content (AvgIpc) is 3.24. The third-order valence-corrected chi connectivity index (χ3v) is 5.46. The number of hydrogen-bond acceptors (Lipinski definition) is 7. The second-order valence-electron chi connectivity index (χ2n) is 8.31. The first-order chi connectivity index (χ1) is 15.4. The maximum absolute atomic E-state index is 5.66. The van der Waals surface area contributed by atoms with Crippen LogP contribution in [0.1, 0.15) is 25.2 Å². The molecular formula is C24H28N6O2. The monoisotopic (exact) mass is 432 g/mol. The Bertz CT molecular complexity index is 1230. The Balaban J connectivity index is 1.62. The van der Waals surface area contributed by atoms with E-state index in [0.29, 0.717) is 18.8 Å². The highest BCUT2D eigenvalue weighted by molar-refractivity contribution is 5.87. The Morgan fingerprint density at radius 3 is 2.62 bits per heavy atom. The zero-order chi connectivity index (χ0) is 22.7. The van der Waals surface area contributed by atoms with Gasteiger partial charge in [-0.3, -0.25) is 4.68 Å². The Hall–Kier alpha value is -3.52. The highest BCUT2D eigenvalue weighted by Gasteiger charge is 2.17. The predicted molar refractivity (Wildman–Crippen MR) is 125 cm³/mol. The number of methoxy groups -OCH3 is 2. The molecule has 8 heteroatoms. The number of hydrogen-bond donors (Lipinski definition) is 1. The van der Waals surface area contributed by atoms with Gasteiger partial charge in [0.1, 0.15) is 17.1 Å². The summed E-state index contributed by atoms with van der Waals surface area (Å²) in [6.07, 6.45) is 7.96. The van der Waals surface area contributed by atoms with Crippen molar-refractivity contribution in [2.24, 2.45) is 7.05 Å². The minimum Gasteiger partial charge on any atom is -0.496 e. The fourth-order valence-corrected chi connectivity index (χ4v) is 3.39. The molecular weight excluding hydrogens is 404 g/mol. The summed E-state index contributed by atoms with van der Waals surface area (Å²) < 4.78 is 12.9. The molecule has 3 heterocycles. The summed E-state index contributed by atoms with van der Waals surface area (Å²) in [5.41, 5.74) is 3.58. The first-order valence-electron chi connectivity index (χ1n) is 10.4. The van der Waals surface area contributed by atoms with Gasteiger partial charge in [-0.1, -0.05) is 12.1 Å². The minimum atomic E-state index is -0.316. The lowest BCUT2D eigenvalue weighted by Gasteiger charge is -2.23. The maximum Gasteiger partial charge on any atom is 0.152 e. The fraction of sp³-hybridized carbons (Fsp3) is 0.333. The van der Waals surface area contributed by atoms with Gasteiger partial charge in [-0.2, -0.15) is 5.10 Å². The van der Waals surface area contributed by atoms with Gasteiger partial charge in [0.2, 0.25) is 0 Å². The minimum absolute atomic E-state index is 0.316. The van der Waals surface area contributed by atoms with Crippen molar-refractivity contribution in [3.8, 4) is 16.9 Å². The normalized spacial score (nSPS) is 11.7. The first-order valence-corrected chi connectivity index (χ1v) is 10.4. The zero-order valence-corrected chi connectivity index (χ0v) is 19.1. The summed E-state index contributed by atoms with van der Waals surface area (Å²) in [6.45, 7) is 4.65. The van der Waals surface area contributed by atoms with E-state index in [-0.39, 0.29) is 5.60 Å². The molecule has 0 saturated carbocycles. The standard InChI is InChI=1S/C24H28N6O2/c1-24(2,32-5)15-27-23-22-18(8-9-25-23)12-26-21(29-22)11-17-7-6-16(10-20(17)31-4)19-13-28-30(3)14-19/h6-10,12-14H,11,15H2,1-5H3,(H,25,27). The number of rotatable bonds is 8. The van der Waals surface area contributed by atoms with Gasteiger partial charge in [0.15, 0.2) is 5.82 Å². The summed E-state index contributed by atoms with van der Waals surface area (Å²) >= 11 is 0. The van der Waals surface area contributed by atoms with E-state index in [1.807, 2.05) is 51.6 Å². The summed E-state index contributed by atoms with van der Waals surface area (Å²) in [5, 5.41) is 8.54. The molecule has 4 rings (SSSR count). The van der Waals surface area contributed by atoms with Gasteiger partial charge in [-0.25, -0.2) is 15.0 Å². The molecule has 0 aliphatic carbocycles. The maximum atomic E-state index is 5.66. The van der Waals surface area contributed by atoms with E-state index in [1.54, 1.807) is 25.1 Å². The van der Waals surface area contributed by atoms with Crippen molar-refractivity contribution in [1.29, 1.82) is 0 Å². The molecule has 8 nitrogen and oxygen atoms in total. The molecule has 166 valence electrons. The highest BCUT2D eigenvalue weighted by atomic mass is 16.5. The molecule has 0 radical (unpaired) electrons. The molecule has 0 bridgehead atoms. The predicted octanol–water partition coefficient (Wildman–Crippen LogP) is 3.86. The van der Waals surface area contributed by atoms with Crippen LogP contribution in [0.3, 0.4) is 0 Å². The molecule has 0 atom stereocenters. The van der Waals surface area contributed by atoms with E-state index in [4.69, 9.17) is 14.5 Å².